The van der Waals surface area contributed by atoms with Crippen LogP contribution in [0.25, 0.3) is 6.08 Å². The topological polar surface area (TPSA) is 92.3 Å². The Morgan fingerprint density at radius 1 is 1.25 bits per heavy atom. The number of benzene rings is 1. The van der Waals surface area contributed by atoms with E-state index in [1.807, 2.05) is 25.1 Å². The van der Waals surface area contributed by atoms with Crippen LogP contribution in [0.15, 0.2) is 55.8 Å². The van der Waals surface area contributed by atoms with Crippen LogP contribution in [0.4, 0.5) is 0 Å². The van der Waals surface area contributed by atoms with Crippen LogP contribution in [-0.4, -0.2) is 23.9 Å². The van der Waals surface area contributed by atoms with Gasteiger partial charge < -0.3 is 18.6 Å². The van der Waals surface area contributed by atoms with Gasteiger partial charge in [0.15, 0.2) is 16.3 Å². The van der Waals surface area contributed by atoms with Gasteiger partial charge in [-0.3, -0.25) is 9.36 Å². The van der Waals surface area contributed by atoms with Gasteiger partial charge in [0.25, 0.3) is 5.56 Å². The third kappa shape index (κ3) is 3.34. The molecule has 3 aromatic rings. The summed E-state index contributed by atoms with van der Waals surface area (Å²) in [7, 11) is 0. The van der Waals surface area contributed by atoms with E-state index in [-0.39, 0.29) is 19.0 Å². The molecule has 2 aliphatic rings. The van der Waals surface area contributed by atoms with Gasteiger partial charge in [0, 0.05) is 0 Å². The van der Waals surface area contributed by atoms with Crippen LogP contribution in [0, 0.1) is 6.92 Å². The van der Waals surface area contributed by atoms with Gasteiger partial charge >= 0.3 is 5.97 Å². The Hall–Kier alpha value is -3.59. The molecule has 4 heterocycles. The third-order valence-corrected chi connectivity index (χ3v) is 6.23. The van der Waals surface area contributed by atoms with Crippen molar-refractivity contribution in [3.05, 3.63) is 78.4 Å². The molecule has 0 saturated carbocycles. The SMILES string of the molecule is CCOC(=O)C1=C(C)N=c2s/c(=C\c3ccc4c(c3)OCO4)c(=O)n2[C@H]1c1ccc(C)o1. The van der Waals surface area contributed by atoms with Crippen LogP contribution in [0.1, 0.15) is 37.0 Å². The van der Waals surface area contributed by atoms with E-state index in [4.69, 9.17) is 18.6 Å². The molecule has 1 atom stereocenters. The molecule has 0 amide bonds. The molecular weight excluding hydrogens is 432 g/mol. The fourth-order valence-electron chi connectivity index (χ4n) is 3.82. The lowest BCUT2D eigenvalue weighted by Crippen LogP contribution is -2.39. The minimum atomic E-state index is -0.752. The summed E-state index contributed by atoms with van der Waals surface area (Å²) >= 11 is 1.25. The molecular formula is C23H20N2O6S. The Bertz CT molecular complexity index is 1440. The van der Waals surface area contributed by atoms with E-state index in [1.54, 1.807) is 32.1 Å². The highest BCUT2D eigenvalue weighted by molar-refractivity contribution is 7.07. The summed E-state index contributed by atoms with van der Waals surface area (Å²) in [6.07, 6.45) is 1.78. The average molecular weight is 452 g/mol. The standard InChI is InChI=1S/C23H20N2O6S/c1-4-28-22(27)19-13(3)24-23-25(20(19)16-7-5-12(2)31-16)21(26)18(32-23)10-14-6-8-15-17(9-14)30-11-29-15/h5-10,20H,4,11H2,1-3H3/b18-10-/t20-/m0/s1. The number of hydrogen-bond acceptors (Lipinski definition) is 8. The van der Waals surface area contributed by atoms with E-state index < -0.39 is 12.0 Å². The fourth-order valence-corrected chi connectivity index (χ4v) is 4.86. The summed E-state index contributed by atoms with van der Waals surface area (Å²) in [6.45, 7) is 5.69. The van der Waals surface area contributed by atoms with Crippen molar-refractivity contribution in [2.75, 3.05) is 13.4 Å². The number of furan rings is 1. The number of rotatable bonds is 4. The zero-order valence-corrected chi connectivity index (χ0v) is 18.5. The maximum atomic E-state index is 13.5. The van der Waals surface area contributed by atoms with E-state index in [0.717, 1.165) is 5.56 Å². The second-order valence-electron chi connectivity index (χ2n) is 7.36. The molecule has 2 aliphatic heterocycles. The van der Waals surface area contributed by atoms with Crippen LogP contribution >= 0.6 is 11.3 Å². The lowest BCUT2D eigenvalue weighted by atomic mass is 10.0. The Balaban J connectivity index is 1.69. The molecule has 8 nitrogen and oxygen atoms in total. The van der Waals surface area contributed by atoms with Gasteiger partial charge in [-0.05, 0) is 56.7 Å². The summed E-state index contributed by atoms with van der Waals surface area (Å²) in [4.78, 5) is 31.3. The molecule has 0 bridgehead atoms. The Kier molecular flexibility index (Phi) is 4.97. The van der Waals surface area contributed by atoms with Gasteiger partial charge in [0.05, 0.1) is 22.4 Å². The van der Waals surface area contributed by atoms with Gasteiger partial charge in [-0.15, -0.1) is 0 Å². The highest BCUT2D eigenvalue weighted by Crippen LogP contribution is 2.33. The average Bonchev–Trinajstić information content (AvgIpc) is 3.47. The zero-order valence-electron chi connectivity index (χ0n) is 17.7. The summed E-state index contributed by atoms with van der Waals surface area (Å²) in [5.74, 6) is 1.95. The van der Waals surface area contributed by atoms with Crippen LogP contribution in [0.5, 0.6) is 11.5 Å². The summed E-state index contributed by atoms with van der Waals surface area (Å²) in [5, 5.41) is 0. The fraction of sp³-hybridized carbons (Fsp3) is 0.261. The lowest BCUT2D eigenvalue weighted by molar-refractivity contribution is -0.139. The highest BCUT2D eigenvalue weighted by Gasteiger charge is 2.35. The number of aromatic nitrogens is 1. The van der Waals surface area contributed by atoms with E-state index in [2.05, 4.69) is 4.99 Å². The number of fused-ring (bicyclic) bond motifs is 2. The van der Waals surface area contributed by atoms with Crippen molar-refractivity contribution in [3.63, 3.8) is 0 Å². The van der Waals surface area contributed by atoms with Crippen LogP contribution < -0.4 is 24.4 Å². The molecule has 164 valence electrons. The Morgan fingerprint density at radius 2 is 2.06 bits per heavy atom. The number of thiazole rings is 1. The Labute approximate surface area is 186 Å². The molecule has 0 aliphatic carbocycles. The number of hydrogen-bond donors (Lipinski definition) is 0. The minimum Gasteiger partial charge on any atom is -0.464 e. The second-order valence-corrected chi connectivity index (χ2v) is 8.37. The number of allylic oxidation sites excluding steroid dienone is 1. The quantitative estimate of drug-likeness (QED) is 0.565. The molecule has 0 saturated heterocycles. The predicted octanol–water partition coefficient (Wildman–Crippen LogP) is 2.43. The number of aryl methyl sites for hydroxylation is 1. The van der Waals surface area contributed by atoms with Crippen molar-refractivity contribution in [1.29, 1.82) is 0 Å². The first kappa shape index (κ1) is 20.3. The van der Waals surface area contributed by atoms with Gasteiger partial charge in [-0.2, -0.15) is 0 Å². The predicted molar refractivity (Wildman–Crippen MR) is 116 cm³/mol. The van der Waals surface area contributed by atoms with Gasteiger partial charge in [-0.25, -0.2) is 9.79 Å². The molecule has 1 aromatic carbocycles. The minimum absolute atomic E-state index is 0.180. The maximum Gasteiger partial charge on any atom is 0.338 e. The summed E-state index contributed by atoms with van der Waals surface area (Å²) in [5.41, 5.74) is 1.33. The van der Waals surface area contributed by atoms with E-state index in [0.29, 0.717) is 43.6 Å². The zero-order chi connectivity index (χ0) is 22.4. The first-order chi connectivity index (χ1) is 15.5. The molecule has 0 fully saturated rings. The molecule has 0 unspecified atom stereocenters. The molecule has 2 aromatic heterocycles. The summed E-state index contributed by atoms with van der Waals surface area (Å²) < 4.78 is 23.9. The first-order valence-corrected chi connectivity index (χ1v) is 10.9. The molecule has 0 spiro atoms. The van der Waals surface area contributed by atoms with Crippen molar-refractivity contribution in [1.82, 2.24) is 4.57 Å². The number of ether oxygens (including phenoxy) is 3. The van der Waals surface area contributed by atoms with Crippen molar-refractivity contribution in [2.24, 2.45) is 4.99 Å². The van der Waals surface area contributed by atoms with Gasteiger partial charge in [-0.1, -0.05) is 17.4 Å². The number of nitrogens with zero attached hydrogens (tertiary/aromatic N) is 2. The third-order valence-electron chi connectivity index (χ3n) is 5.24. The van der Waals surface area contributed by atoms with E-state index in [9.17, 15) is 9.59 Å². The highest BCUT2D eigenvalue weighted by atomic mass is 32.1. The Morgan fingerprint density at radius 3 is 2.81 bits per heavy atom. The van der Waals surface area contributed by atoms with Crippen LogP contribution in [0.3, 0.4) is 0 Å². The molecule has 0 N–H and O–H groups in total. The van der Waals surface area contributed by atoms with Crippen molar-refractivity contribution in [2.45, 2.75) is 26.8 Å². The monoisotopic (exact) mass is 452 g/mol. The molecule has 32 heavy (non-hydrogen) atoms. The molecule has 5 rings (SSSR count). The molecule has 0 radical (unpaired) electrons. The number of carbonyl (C=O) groups is 1. The second kappa shape index (κ2) is 7.83. The molecule has 9 heteroatoms. The first-order valence-electron chi connectivity index (χ1n) is 10.1. The smallest absolute Gasteiger partial charge is 0.338 e. The summed E-state index contributed by atoms with van der Waals surface area (Å²) in [6, 6.07) is 8.31. The van der Waals surface area contributed by atoms with Gasteiger partial charge in [0.2, 0.25) is 6.79 Å². The maximum absolute atomic E-state index is 13.5. The number of esters is 1. The normalized spacial score (nSPS) is 17.3. The van der Waals surface area contributed by atoms with Gasteiger partial charge in [0.1, 0.15) is 17.6 Å². The largest absolute Gasteiger partial charge is 0.464 e. The number of carbonyl (C=O) groups excluding carboxylic acids is 1. The van der Waals surface area contributed by atoms with Crippen molar-refractivity contribution in [3.8, 4) is 11.5 Å². The van der Waals surface area contributed by atoms with E-state index in [1.165, 1.54) is 15.9 Å². The van der Waals surface area contributed by atoms with Crippen LogP contribution in [0.2, 0.25) is 0 Å². The lowest BCUT2D eigenvalue weighted by Gasteiger charge is -2.22. The van der Waals surface area contributed by atoms with Crippen molar-refractivity contribution >= 4 is 23.4 Å². The van der Waals surface area contributed by atoms with Crippen molar-refractivity contribution < 1.29 is 23.4 Å². The van der Waals surface area contributed by atoms with Crippen LogP contribution in [-0.2, 0) is 9.53 Å². The van der Waals surface area contributed by atoms with E-state index >= 15 is 0 Å².